The zero-order valence-electron chi connectivity index (χ0n) is 15.1. The summed E-state index contributed by atoms with van der Waals surface area (Å²) in [5.41, 5.74) is 0.707. The zero-order chi connectivity index (χ0) is 17.8. The maximum Gasteiger partial charge on any atom is 0.253 e. The van der Waals surface area contributed by atoms with Crippen LogP contribution in [0, 0.1) is 0 Å². The predicted molar refractivity (Wildman–Crippen MR) is 103 cm³/mol. The number of hydrogen-bond acceptors (Lipinski definition) is 3. The summed E-state index contributed by atoms with van der Waals surface area (Å²) in [6.07, 6.45) is 4.83. The van der Waals surface area contributed by atoms with Crippen LogP contribution in [0.5, 0.6) is 11.5 Å². The van der Waals surface area contributed by atoms with Crippen molar-refractivity contribution in [3.63, 3.8) is 0 Å². The predicted octanol–water partition coefficient (Wildman–Crippen LogP) is 4.18. The number of carbonyl (C=O) groups excluding carboxylic acids is 1. The Morgan fingerprint density at radius 2 is 1.54 bits per heavy atom. The van der Waals surface area contributed by atoms with Gasteiger partial charge in [-0.3, -0.25) is 4.79 Å². The second-order valence-electron chi connectivity index (χ2n) is 7.21. The Kier molecular flexibility index (Phi) is 5.21. The molecule has 0 bridgehead atoms. The number of ether oxygens (including phenoxy) is 1. The molecule has 2 aliphatic heterocycles. The maximum absolute atomic E-state index is 12.9. The van der Waals surface area contributed by atoms with E-state index >= 15 is 0 Å². The van der Waals surface area contributed by atoms with E-state index in [4.69, 9.17) is 4.74 Å². The quantitative estimate of drug-likeness (QED) is 0.829. The minimum Gasteiger partial charge on any atom is -0.457 e. The van der Waals surface area contributed by atoms with Gasteiger partial charge < -0.3 is 14.5 Å². The van der Waals surface area contributed by atoms with Crippen molar-refractivity contribution < 1.29 is 9.53 Å². The Balaban J connectivity index is 1.38. The number of piperidine rings is 1. The first-order valence-corrected chi connectivity index (χ1v) is 9.66. The van der Waals surface area contributed by atoms with Crippen LogP contribution in [0.2, 0.25) is 0 Å². The van der Waals surface area contributed by atoms with Crippen molar-refractivity contribution >= 4 is 5.91 Å². The third-order valence-corrected chi connectivity index (χ3v) is 5.47. The maximum atomic E-state index is 12.9. The van der Waals surface area contributed by atoms with E-state index in [0.29, 0.717) is 17.4 Å². The first-order chi connectivity index (χ1) is 12.8. The molecule has 0 unspecified atom stereocenters. The second-order valence-corrected chi connectivity index (χ2v) is 7.21. The summed E-state index contributed by atoms with van der Waals surface area (Å²) < 4.78 is 5.86. The molecule has 26 heavy (non-hydrogen) atoms. The Bertz CT molecular complexity index is 733. The van der Waals surface area contributed by atoms with Crippen LogP contribution in [0.15, 0.2) is 54.6 Å². The van der Waals surface area contributed by atoms with Gasteiger partial charge in [-0.2, -0.15) is 0 Å². The van der Waals surface area contributed by atoms with Gasteiger partial charge in [0.1, 0.15) is 11.5 Å². The topological polar surface area (TPSA) is 32.8 Å². The molecule has 2 aromatic carbocycles. The van der Waals surface area contributed by atoms with E-state index in [0.717, 1.165) is 31.7 Å². The highest BCUT2D eigenvalue weighted by Gasteiger charge is 2.28. The Morgan fingerprint density at radius 1 is 0.846 bits per heavy atom. The number of rotatable bonds is 4. The number of hydrogen-bond donors (Lipinski definition) is 0. The van der Waals surface area contributed by atoms with Crippen LogP contribution < -0.4 is 4.74 Å². The third-order valence-electron chi connectivity index (χ3n) is 5.47. The molecule has 0 aliphatic carbocycles. The lowest BCUT2D eigenvalue weighted by Gasteiger charge is -2.36. The first kappa shape index (κ1) is 17.1. The van der Waals surface area contributed by atoms with Crippen molar-refractivity contribution in [1.29, 1.82) is 0 Å². The minimum absolute atomic E-state index is 0.114. The Morgan fingerprint density at radius 3 is 2.27 bits per heavy atom. The highest BCUT2D eigenvalue weighted by Crippen LogP contribution is 2.25. The lowest BCUT2D eigenvalue weighted by atomic mass is 10.0. The summed E-state index contributed by atoms with van der Waals surface area (Å²) >= 11 is 0. The number of para-hydroxylation sites is 1. The number of amides is 1. The van der Waals surface area contributed by atoms with Crippen molar-refractivity contribution in [3.8, 4) is 11.5 Å². The molecule has 2 fully saturated rings. The van der Waals surface area contributed by atoms with E-state index in [1.807, 2.05) is 59.5 Å². The monoisotopic (exact) mass is 350 g/mol. The average molecular weight is 350 g/mol. The van der Waals surface area contributed by atoms with Crippen LogP contribution >= 0.6 is 0 Å². The second kappa shape index (κ2) is 7.92. The number of nitrogens with zero attached hydrogens (tertiary/aromatic N) is 2. The van der Waals surface area contributed by atoms with E-state index < -0.39 is 0 Å². The summed E-state index contributed by atoms with van der Waals surface area (Å²) in [6.45, 7) is 4.17. The molecule has 136 valence electrons. The summed E-state index contributed by atoms with van der Waals surface area (Å²) in [5.74, 6) is 1.60. The van der Waals surface area contributed by atoms with Gasteiger partial charge in [0.2, 0.25) is 0 Å². The highest BCUT2D eigenvalue weighted by molar-refractivity contribution is 5.94. The van der Waals surface area contributed by atoms with Crippen LogP contribution in [-0.4, -0.2) is 47.9 Å². The van der Waals surface area contributed by atoms with Gasteiger partial charge in [-0.1, -0.05) is 24.3 Å². The Hall–Kier alpha value is -2.33. The molecule has 0 spiro atoms. The molecule has 4 rings (SSSR count). The van der Waals surface area contributed by atoms with E-state index in [9.17, 15) is 4.79 Å². The highest BCUT2D eigenvalue weighted by atomic mass is 16.5. The molecule has 1 amide bonds. The molecule has 4 heteroatoms. The number of carbonyl (C=O) groups is 1. The van der Waals surface area contributed by atoms with Gasteiger partial charge in [-0.05, 0) is 69.1 Å². The third kappa shape index (κ3) is 3.91. The van der Waals surface area contributed by atoms with Gasteiger partial charge in [0, 0.05) is 24.7 Å². The molecular formula is C22H26N2O2. The molecular weight excluding hydrogens is 324 g/mol. The molecule has 0 aromatic heterocycles. The molecule has 2 aromatic rings. The fraction of sp³-hybridized carbons (Fsp3) is 0.409. The van der Waals surface area contributed by atoms with Crippen molar-refractivity contribution in [2.75, 3.05) is 26.2 Å². The van der Waals surface area contributed by atoms with Gasteiger partial charge >= 0.3 is 0 Å². The molecule has 2 heterocycles. The fourth-order valence-electron chi connectivity index (χ4n) is 4.04. The lowest BCUT2D eigenvalue weighted by Crippen LogP contribution is -2.45. The van der Waals surface area contributed by atoms with Gasteiger partial charge in [-0.15, -0.1) is 0 Å². The van der Waals surface area contributed by atoms with Gasteiger partial charge in [0.25, 0.3) is 5.91 Å². The first-order valence-electron chi connectivity index (χ1n) is 9.66. The van der Waals surface area contributed by atoms with Gasteiger partial charge in [-0.25, -0.2) is 0 Å². The van der Waals surface area contributed by atoms with Crippen LogP contribution in [0.1, 0.15) is 36.0 Å². The van der Waals surface area contributed by atoms with Crippen molar-refractivity contribution in [1.82, 2.24) is 9.80 Å². The smallest absolute Gasteiger partial charge is 0.253 e. The molecule has 4 nitrogen and oxygen atoms in total. The summed E-state index contributed by atoms with van der Waals surface area (Å²) in [5, 5.41) is 0. The van der Waals surface area contributed by atoms with E-state index in [2.05, 4.69) is 4.90 Å². The summed E-state index contributed by atoms with van der Waals surface area (Å²) in [4.78, 5) is 17.5. The lowest BCUT2D eigenvalue weighted by molar-refractivity contribution is 0.0644. The van der Waals surface area contributed by atoms with Gasteiger partial charge in [0.05, 0.1) is 0 Å². The fourth-order valence-corrected chi connectivity index (χ4v) is 4.04. The van der Waals surface area contributed by atoms with Crippen molar-refractivity contribution in [3.05, 3.63) is 60.2 Å². The van der Waals surface area contributed by atoms with E-state index in [1.165, 1.54) is 25.9 Å². The average Bonchev–Trinajstić information content (AvgIpc) is 3.23. The summed E-state index contributed by atoms with van der Waals surface area (Å²) in [6, 6.07) is 17.8. The summed E-state index contributed by atoms with van der Waals surface area (Å²) in [7, 11) is 0. The molecule has 2 saturated heterocycles. The van der Waals surface area contributed by atoms with Crippen LogP contribution in [-0.2, 0) is 0 Å². The standard InChI is InChI=1S/C22H26N2O2/c25-22(24-15-11-19(12-16-24)23-13-4-5-14-23)18-7-6-10-21(17-18)26-20-8-2-1-3-9-20/h1-3,6-10,17,19H,4-5,11-16H2. The molecule has 0 radical (unpaired) electrons. The largest absolute Gasteiger partial charge is 0.457 e. The number of benzene rings is 2. The SMILES string of the molecule is O=C(c1cccc(Oc2ccccc2)c1)N1CCC(N2CCCC2)CC1. The van der Waals surface area contributed by atoms with Crippen LogP contribution in [0.25, 0.3) is 0 Å². The minimum atomic E-state index is 0.114. The number of likely N-dealkylation sites (tertiary alicyclic amines) is 2. The molecule has 0 atom stereocenters. The van der Waals surface area contributed by atoms with E-state index in [-0.39, 0.29) is 5.91 Å². The molecule has 2 aliphatic rings. The van der Waals surface area contributed by atoms with Crippen LogP contribution in [0.4, 0.5) is 0 Å². The van der Waals surface area contributed by atoms with Crippen molar-refractivity contribution in [2.24, 2.45) is 0 Å². The van der Waals surface area contributed by atoms with Crippen LogP contribution in [0.3, 0.4) is 0 Å². The van der Waals surface area contributed by atoms with Gasteiger partial charge in [0.15, 0.2) is 0 Å². The Labute approximate surface area is 155 Å². The van der Waals surface area contributed by atoms with E-state index in [1.54, 1.807) is 0 Å². The zero-order valence-corrected chi connectivity index (χ0v) is 15.1. The van der Waals surface area contributed by atoms with Crippen molar-refractivity contribution in [2.45, 2.75) is 31.7 Å². The molecule has 0 N–H and O–H groups in total. The normalized spacial score (nSPS) is 18.8. The molecule has 0 saturated carbocycles.